The highest BCUT2D eigenvalue weighted by Crippen LogP contribution is 2.61. The Morgan fingerprint density at radius 3 is 1.86 bits per heavy atom. The minimum absolute atomic E-state index is 0.597. The summed E-state index contributed by atoms with van der Waals surface area (Å²) in [5, 5.41) is 0. The van der Waals surface area contributed by atoms with Crippen molar-refractivity contribution in [1.82, 2.24) is 5.43 Å². The van der Waals surface area contributed by atoms with E-state index in [9.17, 15) is 0 Å². The van der Waals surface area contributed by atoms with Crippen LogP contribution in [0.5, 0.6) is 0 Å². The molecule has 0 aliphatic heterocycles. The van der Waals surface area contributed by atoms with Gasteiger partial charge in [0.2, 0.25) is 0 Å². The number of hydrogen-bond donors (Lipinski definition) is 2. The lowest BCUT2D eigenvalue weighted by Gasteiger charge is -2.58. The van der Waals surface area contributed by atoms with E-state index in [2.05, 4.69) is 5.43 Å². The molecule has 0 saturated heterocycles. The average molecular weight is 290 g/mol. The molecular weight excluding hydrogens is 256 g/mol. The van der Waals surface area contributed by atoms with Gasteiger partial charge in [0, 0.05) is 6.04 Å². The molecule has 0 aromatic heterocycles. The van der Waals surface area contributed by atoms with Gasteiger partial charge in [0.05, 0.1) is 0 Å². The van der Waals surface area contributed by atoms with Crippen LogP contribution in [0.1, 0.15) is 83.5 Å². The van der Waals surface area contributed by atoms with Gasteiger partial charge in [-0.25, -0.2) is 0 Å². The van der Waals surface area contributed by atoms with E-state index in [0.29, 0.717) is 11.5 Å². The number of hydrazine groups is 1. The van der Waals surface area contributed by atoms with Crippen LogP contribution in [0.15, 0.2) is 0 Å². The Labute approximate surface area is 130 Å². The molecule has 0 aromatic rings. The second-order valence-corrected chi connectivity index (χ2v) is 9.15. The van der Waals surface area contributed by atoms with Gasteiger partial charge in [0.1, 0.15) is 0 Å². The van der Waals surface area contributed by atoms with Gasteiger partial charge in [0.15, 0.2) is 0 Å². The highest BCUT2D eigenvalue weighted by molar-refractivity contribution is 5.03. The van der Waals surface area contributed by atoms with Crippen molar-refractivity contribution in [2.24, 2.45) is 34.9 Å². The number of nitrogens with two attached hydrogens (primary N) is 1. The largest absolute Gasteiger partial charge is 0.271 e. The van der Waals surface area contributed by atoms with Crippen molar-refractivity contribution in [2.75, 3.05) is 0 Å². The highest BCUT2D eigenvalue weighted by Gasteiger charge is 2.51. The molecule has 5 saturated carbocycles. The van der Waals surface area contributed by atoms with Gasteiger partial charge in [-0.1, -0.05) is 25.7 Å². The standard InChI is InChI=1S/C19H34N2/c20-21-18(17-5-3-1-2-4-6-17)13-19-10-14-7-15(11-19)9-16(8-14)12-19/h14-18,21H,1-13,20H2. The van der Waals surface area contributed by atoms with Crippen LogP contribution >= 0.6 is 0 Å². The molecule has 5 aliphatic rings. The van der Waals surface area contributed by atoms with Crippen LogP contribution in [0, 0.1) is 29.1 Å². The Morgan fingerprint density at radius 2 is 1.38 bits per heavy atom. The van der Waals surface area contributed by atoms with E-state index in [1.807, 2.05) is 0 Å². The maximum absolute atomic E-state index is 6.03. The molecule has 0 heterocycles. The highest BCUT2D eigenvalue weighted by atomic mass is 15.2. The van der Waals surface area contributed by atoms with Crippen molar-refractivity contribution < 1.29 is 0 Å². The van der Waals surface area contributed by atoms with E-state index >= 15 is 0 Å². The normalized spacial score (nSPS) is 44.7. The minimum Gasteiger partial charge on any atom is -0.271 e. The van der Waals surface area contributed by atoms with Crippen LogP contribution in [0.3, 0.4) is 0 Å². The first-order valence-electron chi connectivity index (χ1n) is 9.72. The molecule has 120 valence electrons. The third-order valence-corrected chi connectivity index (χ3v) is 7.50. The second kappa shape index (κ2) is 5.85. The summed E-state index contributed by atoms with van der Waals surface area (Å²) < 4.78 is 0. The Hall–Kier alpha value is -0.0800. The van der Waals surface area contributed by atoms with Gasteiger partial charge in [0.25, 0.3) is 0 Å². The molecule has 21 heavy (non-hydrogen) atoms. The molecule has 0 spiro atoms. The van der Waals surface area contributed by atoms with Crippen LogP contribution < -0.4 is 11.3 Å². The lowest BCUT2D eigenvalue weighted by Crippen LogP contribution is -2.51. The lowest BCUT2D eigenvalue weighted by atomic mass is 9.48. The van der Waals surface area contributed by atoms with Crippen LogP contribution in [0.25, 0.3) is 0 Å². The van der Waals surface area contributed by atoms with E-state index in [1.54, 1.807) is 19.3 Å². The molecule has 4 bridgehead atoms. The van der Waals surface area contributed by atoms with Gasteiger partial charge in [-0.3, -0.25) is 11.3 Å². The first-order valence-corrected chi connectivity index (χ1v) is 9.72. The topological polar surface area (TPSA) is 38.0 Å². The molecule has 2 heteroatoms. The van der Waals surface area contributed by atoms with E-state index in [1.165, 1.54) is 64.2 Å². The molecule has 5 fully saturated rings. The maximum atomic E-state index is 6.03. The zero-order chi connectivity index (χ0) is 14.3. The van der Waals surface area contributed by atoms with Crippen molar-refractivity contribution >= 4 is 0 Å². The average Bonchev–Trinajstić information content (AvgIpc) is 2.72. The molecular formula is C19H34N2. The van der Waals surface area contributed by atoms with Crippen molar-refractivity contribution in [2.45, 2.75) is 89.5 Å². The Morgan fingerprint density at radius 1 is 0.857 bits per heavy atom. The van der Waals surface area contributed by atoms with Crippen molar-refractivity contribution in [3.63, 3.8) is 0 Å². The second-order valence-electron chi connectivity index (χ2n) is 9.15. The predicted octanol–water partition coefficient (Wildman–Crippen LogP) is 4.40. The molecule has 5 rings (SSSR count). The van der Waals surface area contributed by atoms with Gasteiger partial charge < -0.3 is 0 Å². The first-order chi connectivity index (χ1) is 10.3. The van der Waals surface area contributed by atoms with Gasteiger partial charge in [-0.05, 0) is 86.9 Å². The fourth-order valence-corrected chi connectivity index (χ4v) is 7.08. The summed E-state index contributed by atoms with van der Waals surface area (Å²) in [4.78, 5) is 0. The first kappa shape index (κ1) is 14.5. The smallest absolute Gasteiger partial charge is 0.0244 e. The third-order valence-electron chi connectivity index (χ3n) is 7.50. The predicted molar refractivity (Wildman–Crippen MR) is 87.5 cm³/mol. The SMILES string of the molecule is NNC(CC12CC3CC(CC(C3)C1)C2)C1CCCCCC1. The van der Waals surface area contributed by atoms with Crippen LogP contribution in [-0.4, -0.2) is 6.04 Å². The van der Waals surface area contributed by atoms with Crippen molar-refractivity contribution in [3.05, 3.63) is 0 Å². The van der Waals surface area contributed by atoms with E-state index < -0.39 is 0 Å². The quantitative estimate of drug-likeness (QED) is 0.457. The van der Waals surface area contributed by atoms with Crippen molar-refractivity contribution in [3.8, 4) is 0 Å². The monoisotopic (exact) mass is 290 g/mol. The lowest BCUT2D eigenvalue weighted by molar-refractivity contribution is -0.0653. The van der Waals surface area contributed by atoms with Gasteiger partial charge in [-0.15, -0.1) is 0 Å². The zero-order valence-electron chi connectivity index (χ0n) is 13.7. The molecule has 0 aromatic carbocycles. The molecule has 1 atom stereocenters. The maximum Gasteiger partial charge on any atom is 0.0244 e. The molecule has 5 aliphatic carbocycles. The summed E-state index contributed by atoms with van der Waals surface area (Å²) in [7, 11) is 0. The molecule has 0 amide bonds. The zero-order valence-corrected chi connectivity index (χ0v) is 13.7. The number of hydrogen-bond acceptors (Lipinski definition) is 2. The Balaban J connectivity index is 1.45. The number of rotatable bonds is 4. The van der Waals surface area contributed by atoms with E-state index in [4.69, 9.17) is 5.84 Å². The molecule has 1 unspecified atom stereocenters. The fourth-order valence-electron chi connectivity index (χ4n) is 7.08. The summed E-state index contributed by atoms with van der Waals surface area (Å²) in [6.07, 6.45) is 19.3. The van der Waals surface area contributed by atoms with Crippen LogP contribution in [-0.2, 0) is 0 Å². The van der Waals surface area contributed by atoms with Gasteiger partial charge in [-0.2, -0.15) is 0 Å². The van der Waals surface area contributed by atoms with E-state index in [0.717, 1.165) is 23.7 Å². The molecule has 0 radical (unpaired) electrons. The number of nitrogens with one attached hydrogen (secondary N) is 1. The molecule has 3 N–H and O–H groups in total. The molecule has 2 nitrogen and oxygen atoms in total. The third kappa shape index (κ3) is 2.91. The fraction of sp³-hybridized carbons (Fsp3) is 1.00. The summed E-state index contributed by atoms with van der Waals surface area (Å²) in [5.41, 5.74) is 3.95. The van der Waals surface area contributed by atoms with Gasteiger partial charge >= 0.3 is 0 Å². The Bertz CT molecular complexity index is 321. The van der Waals surface area contributed by atoms with Crippen LogP contribution in [0.2, 0.25) is 0 Å². The Kier molecular flexibility index (Phi) is 4.04. The summed E-state index contributed by atoms with van der Waals surface area (Å²) in [6, 6.07) is 0.597. The summed E-state index contributed by atoms with van der Waals surface area (Å²) in [5.74, 6) is 10.1. The van der Waals surface area contributed by atoms with E-state index in [-0.39, 0.29) is 0 Å². The minimum atomic E-state index is 0.597. The summed E-state index contributed by atoms with van der Waals surface area (Å²) in [6.45, 7) is 0. The summed E-state index contributed by atoms with van der Waals surface area (Å²) >= 11 is 0. The van der Waals surface area contributed by atoms with Crippen molar-refractivity contribution in [1.29, 1.82) is 0 Å². The van der Waals surface area contributed by atoms with Crippen LogP contribution in [0.4, 0.5) is 0 Å².